The van der Waals surface area contributed by atoms with Crippen LogP contribution in [0.3, 0.4) is 0 Å². The number of hydrogen-bond acceptors (Lipinski definition) is 5. The number of halogens is 1. The molecule has 0 saturated heterocycles. The summed E-state index contributed by atoms with van der Waals surface area (Å²) in [6.07, 6.45) is 0. The standard InChI is InChI=1S/C22H16ClN3O5S/c23-13-9-11-14(12-10-13)32(29,30)26-17-7-3-1-5-15(17)22(28)25-19-16-6-2-4-8-18(16)31-20(19)21(24)27/h1-12,26H,(H2,24,27)(H,25,28). The predicted octanol–water partition coefficient (Wildman–Crippen LogP) is 4.24. The number of para-hydroxylation sites is 2. The van der Waals surface area contributed by atoms with Gasteiger partial charge in [0, 0.05) is 10.4 Å². The summed E-state index contributed by atoms with van der Waals surface area (Å²) in [4.78, 5) is 24.9. The Morgan fingerprint density at radius 3 is 2.28 bits per heavy atom. The van der Waals surface area contributed by atoms with Gasteiger partial charge in [-0.25, -0.2) is 8.42 Å². The molecule has 0 spiro atoms. The number of nitrogens with one attached hydrogen (secondary N) is 2. The van der Waals surface area contributed by atoms with Gasteiger partial charge in [0.05, 0.1) is 16.1 Å². The Balaban J connectivity index is 1.69. The lowest BCUT2D eigenvalue weighted by molar-refractivity contribution is 0.0977. The molecule has 2 amide bonds. The fraction of sp³-hybridized carbons (Fsp3) is 0. The van der Waals surface area contributed by atoms with Gasteiger partial charge in [-0.15, -0.1) is 0 Å². The van der Waals surface area contributed by atoms with Gasteiger partial charge in [-0.3, -0.25) is 14.3 Å². The molecule has 0 aliphatic heterocycles. The van der Waals surface area contributed by atoms with Gasteiger partial charge in [0.15, 0.2) is 0 Å². The Hall–Kier alpha value is -3.82. The van der Waals surface area contributed by atoms with E-state index in [0.29, 0.717) is 16.0 Å². The lowest BCUT2D eigenvalue weighted by Gasteiger charge is -2.13. The number of rotatable bonds is 6. The molecule has 0 fully saturated rings. The van der Waals surface area contributed by atoms with E-state index in [1.54, 1.807) is 36.4 Å². The summed E-state index contributed by atoms with van der Waals surface area (Å²) in [6, 6.07) is 18.4. The van der Waals surface area contributed by atoms with Crippen LogP contribution >= 0.6 is 11.6 Å². The van der Waals surface area contributed by atoms with E-state index < -0.39 is 21.8 Å². The van der Waals surface area contributed by atoms with E-state index in [2.05, 4.69) is 10.0 Å². The number of amides is 2. The average Bonchev–Trinajstić information content (AvgIpc) is 3.13. The van der Waals surface area contributed by atoms with Crippen LogP contribution in [-0.2, 0) is 10.0 Å². The lowest BCUT2D eigenvalue weighted by atomic mass is 10.1. The third kappa shape index (κ3) is 4.16. The molecule has 4 N–H and O–H groups in total. The summed E-state index contributed by atoms with van der Waals surface area (Å²) in [5.41, 5.74) is 5.95. The topological polar surface area (TPSA) is 132 Å². The minimum atomic E-state index is -3.99. The molecule has 0 atom stereocenters. The fourth-order valence-electron chi connectivity index (χ4n) is 3.11. The van der Waals surface area contributed by atoms with Crippen LogP contribution in [0.5, 0.6) is 0 Å². The first-order valence-corrected chi connectivity index (χ1v) is 11.1. The second-order valence-corrected chi connectivity index (χ2v) is 8.84. The smallest absolute Gasteiger partial charge is 0.286 e. The van der Waals surface area contributed by atoms with Crippen LogP contribution in [-0.4, -0.2) is 20.2 Å². The molecule has 3 aromatic carbocycles. The maximum atomic E-state index is 13.1. The molecule has 4 aromatic rings. The maximum Gasteiger partial charge on any atom is 0.286 e. The van der Waals surface area contributed by atoms with Crippen molar-refractivity contribution in [2.24, 2.45) is 5.73 Å². The highest BCUT2D eigenvalue weighted by atomic mass is 35.5. The summed E-state index contributed by atoms with van der Waals surface area (Å²) < 4.78 is 33.4. The second kappa shape index (κ2) is 8.37. The van der Waals surface area contributed by atoms with Crippen LogP contribution in [0.4, 0.5) is 11.4 Å². The van der Waals surface area contributed by atoms with E-state index in [9.17, 15) is 18.0 Å². The van der Waals surface area contributed by atoms with Gasteiger partial charge in [-0.1, -0.05) is 35.9 Å². The molecule has 0 aliphatic carbocycles. The van der Waals surface area contributed by atoms with E-state index >= 15 is 0 Å². The predicted molar refractivity (Wildman–Crippen MR) is 121 cm³/mol. The maximum absolute atomic E-state index is 13.1. The highest BCUT2D eigenvalue weighted by Crippen LogP contribution is 2.31. The first kappa shape index (κ1) is 21.4. The molecule has 0 radical (unpaired) electrons. The van der Waals surface area contributed by atoms with Crippen molar-refractivity contribution >= 4 is 55.8 Å². The molecule has 0 saturated carbocycles. The molecule has 0 unspecified atom stereocenters. The Morgan fingerprint density at radius 1 is 0.906 bits per heavy atom. The third-order valence-electron chi connectivity index (χ3n) is 4.60. The molecule has 4 rings (SSSR count). The Kier molecular flexibility index (Phi) is 5.60. The van der Waals surface area contributed by atoms with Crippen LogP contribution < -0.4 is 15.8 Å². The van der Waals surface area contributed by atoms with Gasteiger partial charge in [0.1, 0.15) is 11.3 Å². The van der Waals surface area contributed by atoms with Crippen LogP contribution in [0, 0.1) is 0 Å². The zero-order valence-electron chi connectivity index (χ0n) is 16.3. The number of hydrogen-bond donors (Lipinski definition) is 3. The molecule has 32 heavy (non-hydrogen) atoms. The van der Waals surface area contributed by atoms with Crippen molar-refractivity contribution < 1.29 is 22.4 Å². The minimum Gasteiger partial charge on any atom is -0.449 e. The zero-order valence-corrected chi connectivity index (χ0v) is 17.9. The van der Waals surface area contributed by atoms with Crippen molar-refractivity contribution in [3.8, 4) is 0 Å². The highest BCUT2D eigenvalue weighted by Gasteiger charge is 2.23. The number of furan rings is 1. The zero-order chi connectivity index (χ0) is 22.9. The molecule has 0 aliphatic rings. The quantitative estimate of drug-likeness (QED) is 0.388. The summed E-state index contributed by atoms with van der Waals surface area (Å²) in [5, 5.41) is 3.49. The van der Waals surface area contributed by atoms with E-state index in [-0.39, 0.29) is 27.6 Å². The highest BCUT2D eigenvalue weighted by molar-refractivity contribution is 7.92. The minimum absolute atomic E-state index is 0.0195. The van der Waals surface area contributed by atoms with Crippen molar-refractivity contribution in [3.05, 3.63) is 89.1 Å². The van der Waals surface area contributed by atoms with Crippen molar-refractivity contribution in [2.75, 3.05) is 10.0 Å². The number of carbonyl (C=O) groups excluding carboxylic acids is 2. The summed E-state index contributed by atoms with van der Waals surface area (Å²) in [7, 11) is -3.99. The van der Waals surface area contributed by atoms with Crippen molar-refractivity contribution in [1.82, 2.24) is 0 Å². The number of primary amides is 1. The van der Waals surface area contributed by atoms with Crippen LogP contribution in [0.25, 0.3) is 11.0 Å². The molecule has 10 heteroatoms. The van der Waals surface area contributed by atoms with Gasteiger partial charge < -0.3 is 15.5 Å². The molecule has 162 valence electrons. The summed E-state index contributed by atoms with van der Waals surface area (Å²) in [5.74, 6) is -1.72. The van der Waals surface area contributed by atoms with Gasteiger partial charge in [0.2, 0.25) is 5.76 Å². The van der Waals surface area contributed by atoms with Crippen LogP contribution in [0.15, 0.2) is 82.1 Å². The lowest BCUT2D eigenvalue weighted by Crippen LogP contribution is -2.20. The second-order valence-electron chi connectivity index (χ2n) is 6.73. The Morgan fingerprint density at radius 2 is 1.56 bits per heavy atom. The molecule has 0 bridgehead atoms. The van der Waals surface area contributed by atoms with Gasteiger partial charge >= 0.3 is 0 Å². The summed E-state index contributed by atoms with van der Waals surface area (Å²) in [6.45, 7) is 0. The number of nitrogens with two attached hydrogens (primary N) is 1. The first-order valence-electron chi connectivity index (χ1n) is 9.26. The molecule has 1 heterocycles. The van der Waals surface area contributed by atoms with Gasteiger partial charge in [-0.2, -0.15) is 0 Å². The number of sulfonamides is 1. The number of benzene rings is 3. The van der Waals surface area contributed by atoms with Crippen molar-refractivity contribution in [1.29, 1.82) is 0 Å². The molecular formula is C22H16ClN3O5S. The Labute approximate surface area is 188 Å². The third-order valence-corrected chi connectivity index (χ3v) is 6.23. The van der Waals surface area contributed by atoms with Crippen molar-refractivity contribution in [2.45, 2.75) is 4.90 Å². The van der Waals surface area contributed by atoms with E-state index in [4.69, 9.17) is 21.8 Å². The van der Waals surface area contributed by atoms with Gasteiger partial charge in [0.25, 0.3) is 21.8 Å². The normalized spacial score (nSPS) is 11.3. The van der Waals surface area contributed by atoms with E-state index in [1.165, 1.54) is 36.4 Å². The SMILES string of the molecule is NC(=O)c1oc2ccccc2c1NC(=O)c1ccccc1NS(=O)(=O)c1ccc(Cl)cc1. The number of fused-ring (bicyclic) bond motifs is 1. The van der Waals surface area contributed by atoms with Gasteiger partial charge in [-0.05, 0) is 48.5 Å². The molecule has 1 aromatic heterocycles. The van der Waals surface area contributed by atoms with E-state index in [0.717, 1.165) is 0 Å². The fourth-order valence-corrected chi connectivity index (χ4v) is 4.32. The molecule has 8 nitrogen and oxygen atoms in total. The molecular weight excluding hydrogens is 454 g/mol. The van der Waals surface area contributed by atoms with Crippen molar-refractivity contribution in [3.63, 3.8) is 0 Å². The Bertz CT molecular complexity index is 1450. The number of carbonyl (C=O) groups is 2. The van der Waals surface area contributed by atoms with Crippen LogP contribution in [0.2, 0.25) is 5.02 Å². The number of anilines is 2. The largest absolute Gasteiger partial charge is 0.449 e. The average molecular weight is 470 g/mol. The monoisotopic (exact) mass is 469 g/mol. The summed E-state index contributed by atoms with van der Waals surface area (Å²) >= 11 is 5.82. The van der Waals surface area contributed by atoms with E-state index in [1.807, 2.05) is 0 Å². The first-order chi connectivity index (χ1) is 15.3. The van der Waals surface area contributed by atoms with Crippen LogP contribution in [0.1, 0.15) is 20.9 Å².